The van der Waals surface area contributed by atoms with Crippen molar-refractivity contribution < 1.29 is 4.79 Å². The minimum Gasteiger partial charge on any atom is -0.294 e. The first kappa shape index (κ1) is 13.2. The molecule has 4 nitrogen and oxygen atoms in total. The second-order valence-corrected chi connectivity index (χ2v) is 4.79. The number of aromatic amines is 1. The zero-order valence-corrected chi connectivity index (χ0v) is 11.5. The van der Waals surface area contributed by atoms with Gasteiger partial charge in [-0.25, -0.2) is 0 Å². The maximum absolute atomic E-state index is 12.1. The lowest BCUT2D eigenvalue weighted by Gasteiger charge is -2.03. The van der Waals surface area contributed by atoms with E-state index in [1.165, 1.54) is 0 Å². The van der Waals surface area contributed by atoms with Crippen molar-refractivity contribution in [2.75, 3.05) is 0 Å². The molecule has 0 aliphatic heterocycles. The summed E-state index contributed by atoms with van der Waals surface area (Å²) in [4.78, 5) is 16.2. The summed E-state index contributed by atoms with van der Waals surface area (Å²) in [5.74, 6) is 0.144. The molecule has 0 radical (unpaired) electrons. The summed E-state index contributed by atoms with van der Waals surface area (Å²) in [7, 11) is 0. The minimum absolute atomic E-state index is 0.144. The average molecular weight is 277 g/mol. The molecule has 21 heavy (non-hydrogen) atoms. The molecule has 0 atom stereocenters. The van der Waals surface area contributed by atoms with Crippen LogP contribution in [-0.4, -0.2) is 21.0 Å². The van der Waals surface area contributed by atoms with Crippen molar-refractivity contribution in [3.63, 3.8) is 0 Å². The molecule has 0 fully saturated rings. The number of hydrogen-bond donors (Lipinski definition) is 1. The second kappa shape index (κ2) is 6.13. The highest BCUT2D eigenvalue weighted by atomic mass is 16.1. The number of nitrogens with one attached hydrogen (secondary N) is 1. The van der Waals surface area contributed by atoms with Gasteiger partial charge in [0.05, 0.1) is 6.20 Å². The SMILES string of the molecule is O=C(CCc1[nH]ncc1-c1ccncc1)c1ccccc1. The maximum Gasteiger partial charge on any atom is 0.163 e. The number of carbonyl (C=O) groups excluding carboxylic acids is 1. The molecule has 2 heterocycles. The van der Waals surface area contributed by atoms with Crippen LogP contribution >= 0.6 is 0 Å². The van der Waals surface area contributed by atoms with Crippen LogP contribution in [0, 0.1) is 0 Å². The Bertz CT molecular complexity index is 720. The molecule has 3 rings (SSSR count). The number of ketones is 1. The van der Waals surface area contributed by atoms with Crippen molar-refractivity contribution in [1.82, 2.24) is 15.2 Å². The fraction of sp³-hybridized carbons (Fsp3) is 0.118. The summed E-state index contributed by atoms with van der Waals surface area (Å²) in [6.07, 6.45) is 6.40. The fourth-order valence-electron chi connectivity index (χ4n) is 2.29. The molecule has 0 saturated carbocycles. The van der Waals surface area contributed by atoms with Gasteiger partial charge in [0.15, 0.2) is 5.78 Å². The van der Waals surface area contributed by atoms with Gasteiger partial charge < -0.3 is 0 Å². The molecule has 0 spiro atoms. The lowest BCUT2D eigenvalue weighted by atomic mass is 10.0. The monoisotopic (exact) mass is 277 g/mol. The van der Waals surface area contributed by atoms with Gasteiger partial charge in [0.25, 0.3) is 0 Å². The van der Waals surface area contributed by atoms with E-state index in [1.807, 2.05) is 42.5 Å². The van der Waals surface area contributed by atoms with Crippen molar-refractivity contribution in [1.29, 1.82) is 0 Å². The molecule has 0 unspecified atom stereocenters. The number of carbonyl (C=O) groups is 1. The van der Waals surface area contributed by atoms with Gasteiger partial charge in [-0.15, -0.1) is 0 Å². The average Bonchev–Trinajstić information content (AvgIpc) is 3.03. The fourth-order valence-corrected chi connectivity index (χ4v) is 2.29. The highest BCUT2D eigenvalue weighted by Gasteiger charge is 2.11. The van der Waals surface area contributed by atoms with Crippen LogP contribution in [0.3, 0.4) is 0 Å². The molecule has 0 aliphatic carbocycles. The molecule has 104 valence electrons. The lowest BCUT2D eigenvalue weighted by molar-refractivity contribution is 0.0982. The predicted octanol–water partition coefficient (Wildman–Crippen LogP) is 3.29. The highest BCUT2D eigenvalue weighted by molar-refractivity contribution is 5.96. The molecule has 1 aromatic carbocycles. The van der Waals surface area contributed by atoms with Crippen LogP contribution in [0.25, 0.3) is 11.1 Å². The molecule has 0 saturated heterocycles. The molecule has 0 amide bonds. The Hall–Kier alpha value is -2.75. The number of H-pyrrole nitrogens is 1. The van der Waals surface area contributed by atoms with Gasteiger partial charge in [-0.2, -0.15) is 5.10 Å². The van der Waals surface area contributed by atoms with Gasteiger partial charge in [0.2, 0.25) is 0 Å². The summed E-state index contributed by atoms with van der Waals surface area (Å²) in [6, 6.07) is 13.2. The summed E-state index contributed by atoms with van der Waals surface area (Å²) < 4.78 is 0. The molecular formula is C17H15N3O. The van der Waals surface area contributed by atoms with Crippen molar-refractivity contribution in [2.24, 2.45) is 0 Å². The van der Waals surface area contributed by atoms with Crippen LogP contribution in [0.2, 0.25) is 0 Å². The number of benzene rings is 1. The molecular weight excluding hydrogens is 262 g/mol. The zero-order valence-electron chi connectivity index (χ0n) is 11.5. The molecule has 0 aliphatic rings. The molecule has 4 heteroatoms. The van der Waals surface area contributed by atoms with Crippen molar-refractivity contribution in [3.05, 3.63) is 72.3 Å². The van der Waals surface area contributed by atoms with E-state index in [1.54, 1.807) is 18.6 Å². The van der Waals surface area contributed by atoms with Gasteiger partial charge in [-0.1, -0.05) is 30.3 Å². The standard InChI is InChI=1S/C17H15N3O/c21-17(14-4-2-1-3-5-14)7-6-16-15(12-19-20-16)13-8-10-18-11-9-13/h1-5,8-12H,6-7H2,(H,19,20). The second-order valence-electron chi connectivity index (χ2n) is 4.79. The first-order valence-electron chi connectivity index (χ1n) is 6.85. The lowest BCUT2D eigenvalue weighted by Crippen LogP contribution is -2.01. The Kier molecular flexibility index (Phi) is 3.87. The number of rotatable bonds is 5. The Morgan fingerprint density at radius 3 is 2.57 bits per heavy atom. The molecule has 2 aromatic heterocycles. The molecule has 0 bridgehead atoms. The van der Waals surface area contributed by atoms with Gasteiger partial charge in [-0.3, -0.25) is 14.9 Å². The van der Waals surface area contributed by atoms with E-state index in [-0.39, 0.29) is 5.78 Å². The van der Waals surface area contributed by atoms with Crippen LogP contribution < -0.4 is 0 Å². The number of aromatic nitrogens is 3. The molecule has 3 aromatic rings. The number of Topliss-reactive ketones (excluding diaryl/α,β-unsaturated/α-hetero) is 1. The van der Waals surface area contributed by atoms with Crippen LogP contribution in [0.4, 0.5) is 0 Å². The number of hydrogen-bond acceptors (Lipinski definition) is 3. The Morgan fingerprint density at radius 1 is 1.05 bits per heavy atom. The Labute approximate surface area is 122 Å². The van der Waals surface area contributed by atoms with Gasteiger partial charge >= 0.3 is 0 Å². The van der Waals surface area contributed by atoms with Crippen molar-refractivity contribution >= 4 is 5.78 Å². The van der Waals surface area contributed by atoms with Gasteiger partial charge in [-0.05, 0) is 24.1 Å². The van der Waals surface area contributed by atoms with E-state index >= 15 is 0 Å². The molecule has 1 N–H and O–H groups in total. The minimum atomic E-state index is 0.144. The number of pyridine rings is 1. The van der Waals surface area contributed by atoms with Crippen LogP contribution in [0.1, 0.15) is 22.5 Å². The van der Waals surface area contributed by atoms with Crippen molar-refractivity contribution in [3.8, 4) is 11.1 Å². The normalized spacial score (nSPS) is 10.5. The number of nitrogens with zero attached hydrogens (tertiary/aromatic N) is 2. The van der Waals surface area contributed by atoms with Gasteiger partial charge in [0, 0.05) is 35.6 Å². The zero-order chi connectivity index (χ0) is 14.5. The van der Waals surface area contributed by atoms with Crippen LogP contribution in [-0.2, 0) is 6.42 Å². The van der Waals surface area contributed by atoms with E-state index < -0.39 is 0 Å². The summed E-state index contributed by atoms with van der Waals surface area (Å²) in [5, 5.41) is 7.08. The first-order valence-corrected chi connectivity index (χ1v) is 6.85. The van der Waals surface area contributed by atoms with Gasteiger partial charge in [0.1, 0.15) is 0 Å². The van der Waals surface area contributed by atoms with E-state index in [0.29, 0.717) is 12.8 Å². The summed E-state index contributed by atoms with van der Waals surface area (Å²) in [6.45, 7) is 0. The third-order valence-electron chi connectivity index (χ3n) is 3.41. The van der Waals surface area contributed by atoms with Crippen LogP contribution in [0.15, 0.2) is 61.1 Å². The Balaban J connectivity index is 1.73. The smallest absolute Gasteiger partial charge is 0.163 e. The topological polar surface area (TPSA) is 58.6 Å². The predicted molar refractivity (Wildman–Crippen MR) is 80.9 cm³/mol. The van der Waals surface area contributed by atoms with Crippen LogP contribution in [0.5, 0.6) is 0 Å². The van der Waals surface area contributed by atoms with E-state index in [4.69, 9.17) is 0 Å². The maximum atomic E-state index is 12.1. The van der Waals surface area contributed by atoms with E-state index in [9.17, 15) is 4.79 Å². The quantitative estimate of drug-likeness (QED) is 0.728. The van der Waals surface area contributed by atoms with E-state index in [2.05, 4.69) is 15.2 Å². The Morgan fingerprint density at radius 2 is 1.81 bits per heavy atom. The third-order valence-corrected chi connectivity index (χ3v) is 3.41. The van der Waals surface area contributed by atoms with Crippen molar-refractivity contribution in [2.45, 2.75) is 12.8 Å². The first-order chi connectivity index (χ1) is 10.3. The summed E-state index contributed by atoms with van der Waals surface area (Å²) >= 11 is 0. The number of aryl methyl sites for hydroxylation is 1. The third kappa shape index (κ3) is 3.05. The highest BCUT2D eigenvalue weighted by Crippen LogP contribution is 2.22. The summed E-state index contributed by atoms with van der Waals surface area (Å²) in [5.41, 5.74) is 3.81. The largest absolute Gasteiger partial charge is 0.294 e. The van der Waals surface area contributed by atoms with E-state index in [0.717, 1.165) is 22.4 Å².